The summed E-state index contributed by atoms with van der Waals surface area (Å²) in [5.74, 6) is 8.63. The van der Waals surface area contributed by atoms with Crippen molar-refractivity contribution < 1.29 is 9.59 Å². The maximum Gasteiger partial charge on any atom is 0.268 e. The summed E-state index contributed by atoms with van der Waals surface area (Å²) < 4.78 is 0. The van der Waals surface area contributed by atoms with Gasteiger partial charge in [-0.3, -0.25) is 20.4 Å². The lowest BCUT2D eigenvalue weighted by Gasteiger charge is -2.11. The number of carbonyl (C=O) groups is 2. The van der Waals surface area contributed by atoms with Gasteiger partial charge < -0.3 is 5.73 Å². The SMILES string of the molecule is NNC(=O)c1c(N)ccc(S)c1C(=O)NN. The molecular formula is C8H11N5O2S. The average molecular weight is 241 g/mol. The number of benzene rings is 1. The van der Waals surface area contributed by atoms with E-state index in [2.05, 4.69) is 12.6 Å². The van der Waals surface area contributed by atoms with E-state index in [4.69, 9.17) is 17.4 Å². The summed E-state index contributed by atoms with van der Waals surface area (Å²) in [6, 6.07) is 2.93. The molecule has 8 heteroatoms. The zero-order chi connectivity index (χ0) is 12.3. The number of nitrogens with two attached hydrogens (primary N) is 3. The van der Waals surface area contributed by atoms with Crippen molar-refractivity contribution in [3.8, 4) is 0 Å². The first-order valence-electron chi connectivity index (χ1n) is 4.16. The lowest BCUT2D eigenvalue weighted by atomic mass is 10.0. The number of hydrogen-bond acceptors (Lipinski definition) is 6. The van der Waals surface area contributed by atoms with Gasteiger partial charge in [-0.25, -0.2) is 11.7 Å². The molecule has 0 aliphatic heterocycles. The van der Waals surface area contributed by atoms with Crippen LogP contribution in [0, 0.1) is 0 Å². The van der Waals surface area contributed by atoms with Crippen LogP contribution in [0.3, 0.4) is 0 Å². The minimum atomic E-state index is -0.688. The maximum atomic E-state index is 11.5. The highest BCUT2D eigenvalue weighted by Gasteiger charge is 2.21. The molecule has 1 rings (SSSR count). The van der Waals surface area contributed by atoms with Crippen LogP contribution in [0.4, 0.5) is 5.69 Å². The van der Waals surface area contributed by atoms with Crippen molar-refractivity contribution in [3.63, 3.8) is 0 Å². The minimum Gasteiger partial charge on any atom is -0.398 e. The number of nitrogen functional groups attached to an aromatic ring is 3. The summed E-state index contributed by atoms with van der Waals surface area (Å²) in [7, 11) is 0. The Balaban J connectivity index is 3.49. The van der Waals surface area contributed by atoms with Gasteiger partial charge in [-0.2, -0.15) is 0 Å². The van der Waals surface area contributed by atoms with Crippen molar-refractivity contribution in [1.82, 2.24) is 10.9 Å². The Bertz CT molecular complexity index is 407. The van der Waals surface area contributed by atoms with E-state index in [1.54, 1.807) is 0 Å². The second kappa shape index (κ2) is 4.84. The van der Waals surface area contributed by atoms with Crippen LogP contribution in [0.15, 0.2) is 17.0 Å². The third kappa shape index (κ3) is 2.08. The Morgan fingerprint density at radius 1 is 1.06 bits per heavy atom. The van der Waals surface area contributed by atoms with Crippen LogP contribution in [0.25, 0.3) is 0 Å². The number of amides is 2. The minimum absolute atomic E-state index is 0.0196. The van der Waals surface area contributed by atoms with E-state index < -0.39 is 11.8 Å². The van der Waals surface area contributed by atoms with Gasteiger partial charge in [0.05, 0.1) is 11.1 Å². The van der Waals surface area contributed by atoms with Gasteiger partial charge >= 0.3 is 0 Å². The van der Waals surface area contributed by atoms with Crippen LogP contribution in [-0.4, -0.2) is 11.8 Å². The predicted octanol–water partition coefficient (Wildman–Crippen LogP) is -1.24. The molecule has 0 bridgehead atoms. The van der Waals surface area contributed by atoms with Gasteiger partial charge in [-0.05, 0) is 12.1 Å². The van der Waals surface area contributed by atoms with E-state index in [-0.39, 0.29) is 21.7 Å². The molecule has 16 heavy (non-hydrogen) atoms. The smallest absolute Gasteiger partial charge is 0.268 e. The average Bonchev–Trinajstić information content (AvgIpc) is 2.29. The van der Waals surface area contributed by atoms with Gasteiger partial charge in [-0.15, -0.1) is 12.6 Å². The highest BCUT2D eigenvalue weighted by Crippen LogP contribution is 2.23. The van der Waals surface area contributed by atoms with Gasteiger partial charge in [0.1, 0.15) is 0 Å². The molecule has 0 heterocycles. The summed E-state index contributed by atoms with van der Waals surface area (Å²) in [5, 5.41) is 0. The lowest BCUT2D eigenvalue weighted by molar-refractivity contribution is 0.0918. The second-order valence-electron chi connectivity index (χ2n) is 2.87. The van der Waals surface area contributed by atoms with Crippen LogP contribution >= 0.6 is 12.6 Å². The quantitative estimate of drug-likeness (QED) is 0.127. The van der Waals surface area contributed by atoms with Gasteiger partial charge in [0.15, 0.2) is 0 Å². The van der Waals surface area contributed by atoms with E-state index in [9.17, 15) is 9.59 Å². The van der Waals surface area contributed by atoms with E-state index in [0.29, 0.717) is 0 Å². The molecule has 1 aromatic carbocycles. The number of hydrogen-bond donors (Lipinski definition) is 6. The zero-order valence-corrected chi connectivity index (χ0v) is 9.04. The molecule has 0 saturated carbocycles. The highest BCUT2D eigenvalue weighted by molar-refractivity contribution is 7.80. The van der Waals surface area contributed by atoms with E-state index in [0.717, 1.165) is 0 Å². The molecule has 7 nitrogen and oxygen atoms in total. The fourth-order valence-corrected chi connectivity index (χ4v) is 1.51. The van der Waals surface area contributed by atoms with Crippen molar-refractivity contribution in [2.24, 2.45) is 11.7 Å². The largest absolute Gasteiger partial charge is 0.398 e. The van der Waals surface area contributed by atoms with E-state index in [1.165, 1.54) is 12.1 Å². The molecule has 0 radical (unpaired) electrons. The molecule has 0 aromatic heterocycles. The first kappa shape index (κ1) is 12.3. The van der Waals surface area contributed by atoms with Gasteiger partial charge in [0, 0.05) is 10.6 Å². The van der Waals surface area contributed by atoms with Gasteiger partial charge in [0.2, 0.25) is 0 Å². The zero-order valence-electron chi connectivity index (χ0n) is 8.15. The molecule has 0 saturated heterocycles. The number of carbonyl (C=O) groups excluding carboxylic acids is 2. The molecule has 86 valence electrons. The molecule has 0 spiro atoms. The fraction of sp³-hybridized carbons (Fsp3) is 0. The number of nitrogens with one attached hydrogen (secondary N) is 2. The van der Waals surface area contributed by atoms with Crippen LogP contribution in [0.5, 0.6) is 0 Å². The maximum absolute atomic E-state index is 11.5. The number of thiol groups is 1. The summed E-state index contributed by atoms with van der Waals surface area (Å²) >= 11 is 4.05. The van der Waals surface area contributed by atoms with E-state index in [1.807, 2.05) is 10.9 Å². The topological polar surface area (TPSA) is 136 Å². The van der Waals surface area contributed by atoms with Crippen LogP contribution in [0.2, 0.25) is 0 Å². The first-order valence-corrected chi connectivity index (χ1v) is 4.61. The van der Waals surface area contributed by atoms with Crippen molar-refractivity contribution in [3.05, 3.63) is 23.3 Å². The van der Waals surface area contributed by atoms with Crippen molar-refractivity contribution in [1.29, 1.82) is 0 Å². The summed E-state index contributed by atoms with van der Waals surface area (Å²) in [4.78, 5) is 23.2. The normalized spacial score (nSPS) is 9.69. The standard InChI is InChI=1S/C8H11N5O2S/c9-3-1-2-4(16)6(8(15)13-11)5(3)7(14)12-10/h1-2,16H,9-11H2,(H,12,14)(H,13,15). The Labute approximate surface area is 96.7 Å². The first-order chi connectivity index (χ1) is 7.52. The van der Waals surface area contributed by atoms with Crippen molar-refractivity contribution in [2.75, 3.05) is 5.73 Å². The third-order valence-corrected chi connectivity index (χ3v) is 2.30. The Morgan fingerprint density at radius 3 is 2.06 bits per heavy atom. The summed E-state index contributed by atoms with van der Waals surface area (Å²) in [6.45, 7) is 0. The third-order valence-electron chi connectivity index (χ3n) is 1.93. The number of hydrazine groups is 2. The van der Waals surface area contributed by atoms with Crippen molar-refractivity contribution in [2.45, 2.75) is 4.90 Å². The summed E-state index contributed by atoms with van der Waals surface area (Å²) in [6.07, 6.45) is 0. The van der Waals surface area contributed by atoms with Gasteiger partial charge in [-0.1, -0.05) is 0 Å². The van der Waals surface area contributed by atoms with E-state index >= 15 is 0 Å². The lowest BCUT2D eigenvalue weighted by Crippen LogP contribution is -2.36. The Kier molecular flexibility index (Phi) is 3.72. The highest BCUT2D eigenvalue weighted by atomic mass is 32.1. The second-order valence-corrected chi connectivity index (χ2v) is 3.35. The molecule has 0 unspecified atom stereocenters. The molecule has 0 atom stereocenters. The predicted molar refractivity (Wildman–Crippen MR) is 61.4 cm³/mol. The number of anilines is 1. The van der Waals surface area contributed by atoms with Crippen molar-refractivity contribution >= 4 is 30.1 Å². The van der Waals surface area contributed by atoms with Crippen LogP contribution in [0.1, 0.15) is 20.7 Å². The Hall–Kier alpha value is -1.77. The molecule has 0 aliphatic carbocycles. The summed E-state index contributed by atoms with van der Waals surface area (Å²) in [5.41, 5.74) is 9.42. The molecule has 1 aromatic rings. The molecule has 0 fully saturated rings. The Morgan fingerprint density at radius 2 is 1.56 bits per heavy atom. The molecule has 8 N–H and O–H groups in total. The monoisotopic (exact) mass is 241 g/mol. The number of rotatable bonds is 2. The fourth-order valence-electron chi connectivity index (χ4n) is 1.23. The van der Waals surface area contributed by atoms with Gasteiger partial charge in [0.25, 0.3) is 11.8 Å². The van der Waals surface area contributed by atoms with Crippen LogP contribution in [-0.2, 0) is 0 Å². The molecule has 2 amide bonds. The molecular weight excluding hydrogens is 230 g/mol. The molecule has 0 aliphatic rings. The van der Waals surface area contributed by atoms with Crippen LogP contribution < -0.4 is 28.3 Å².